The summed E-state index contributed by atoms with van der Waals surface area (Å²) in [5.41, 5.74) is 2.38. The topological polar surface area (TPSA) is 89.5 Å². The van der Waals surface area contributed by atoms with Crippen molar-refractivity contribution >= 4 is 22.8 Å². The molecule has 3 heterocycles. The van der Waals surface area contributed by atoms with Gasteiger partial charge in [0.05, 0.1) is 11.3 Å². The number of aryl methyl sites for hydroxylation is 2. The molecule has 0 saturated carbocycles. The van der Waals surface area contributed by atoms with Gasteiger partial charge in [-0.3, -0.25) is 0 Å². The molecule has 0 spiro atoms. The van der Waals surface area contributed by atoms with Gasteiger partial charge in [-0.2, -0.15) is 13.2 Å². The van der Waals surface area contributed by atoms with Crippen LogP contribution in [0.4, 0.5) is 23.9 Å². The fourth-order valence-corrected chi connectivity index (χ4v) is 5.45. The van der Waals surface area contributed by atoms with E-state index in [-0.39, 0.29) is 18.6 Å². The van der Waals surface area contributed by atoms with Crippen molar-refractivity contribution in [1.29, 1.82) is 0 Å². The number of piperidine rings is 1. The summed E-state index contributed by atoms with van der Waals surface area (Å²) in [7, 11) is 0. The second-order valence-corrected chi connectivity index (χ2v) is 12.3. The number of hydrogen-bond acceptors (Lipinski definition) is 7. The average molecular weight is 622 g/mol. The van der Waals surface area contributed by atoms with Gasteiger partial charge in [-0.05, 0) is 88.1 Å². The summed E-state index contributed by atoms with van der Waals surface area (Å²) in [6, 6.07) is 14.8. The predicted molar refractivity (Wildman–Crippen MR) is 167 cm³/mol. The smallest absolute Gasteiger partial charge is 0.410 e. The van der Waals surface area contributed by atoms with Crippen molar-refractivity contribution in [2.24, 2.45) is 0 Å². The molecule has 0 aliphatic carbocycles. The van der Waals surface area contributed by atoms with Gasteiger partial charge in [-0.1, -0.05) is 30.3 Å². The van der Waals surface area contributed by atoms with Gasteiger partial charge in [0.1, 0.15) is 11.4 Å². The first kappa shape index (κ1) is 32.0. The molecule has 1 amide bonds. The van der Waals surface area contributed by atoms with E-state index < -0.39 is 18.2 Å². The van der Waals surface area contributed by atoms with E-state index in [1.807, 2.05) is 64.1 Å². The second kappa shape index (κ2) is 13.3. The molecule has 1 fully saturated rings. The maximum atomic E-state index is 12.8. The molecule has 2 aromatic carbocycles. The SMILES string of the molecule is Cc1ccc2c(CCCC(F)(F)F)cccc2c1Oc1ncccc1-c1ccnc(N[C@H]2CCCN(C(=O)OC(C)(C)C)C2)n1. The molecule has 2 aromatic heterocycles. The number of nitrogens with one attached hydrogen (secondary N) is 1. The van der Waals surface area contributed by atoms with E-state index in [1.54, 1.807) is 29.4 Å². The van der Waals surface area contributed by atoms with Crippen molar-refractivity contribution in [3.05, 3.63) is 72.1 Å². The molecule has 1 aliphatic heterocycles. The number of halogens is 3. The number of ether oxygens (including phenoxy) is 2. The zero-order chi connectivity index (χ0) is 32.2. The molecule has 238 valence electrons. The summed E-state index contributed by atoms with van der Waals surface area (Å²) < 4.78 is 50.4. The van der Waals surface area contributed by atoms with Gasteiger partial charge in [0, 0.05) is 43.3 Å². The molecule has 1 saturated heterocycles. The lowest BCUT2D eigenvalue weighted by Crippen LogP contribution is -2.47. The molecule has 8 nitrogen and oxygen atoms in total. The number of carbonyl (C=O) groups is 1. The quantitative estimate of drug-likeness (QED) is 0.211. The highest BCUT2D eigenvalue weighted by Crippen LogP contribution is 2.38. The number of aromatic nitrogens is 3. The number of nitrogens with zero attached hydrogens (tertiary/aromatic N) is 4. The van der Waals surface area contributed by atoms with Crippen LogP contribution in [-0.2, 0) is 11.2 Å². The third-order valence-electron chi connectivity index (χ3n) is 7.51. The van der Waals surface area contributed by atoms with Crippen LogP contribution in [0.5, 0.6) is 11.6 Å². The van der Waals surface area contributed by atoms with Gasteiger partial charge in [0.25, 0.3) is 0 Å². The Kier molecular flexibility index (Phi) is 9.45. The lowest BCUT2D eigenvalue weighted by Gasteiger charge is -2.34. The number of amides is 1. The molecular formula is C34H38F3N5O3. The Balaban J connectivity index is 1.36. The maximum Gasteiger partial charge on any atom is 0.410 e. The third-order valence-corrected chi connectivity index (χ3v) is 7.51. The van der Waals surface area contributed by atoms with E-state index in [9.17, 15) is 18.0 Å². The van der Waals surface area contributed by atoms with Gasteiger partial charge in [-0.25, -0.2) is 19.7 Å². The van der Waals surface area contributed by atoms with Crippen molar-refractivity contribution in [2.45, 2.75) is 77.6 Å². The molecule has 0 bridgehead atoms. The van der Waals surface area contributed by atoms with Gasteiger partial charge < -0.3 is 19.7 Å². The minimum absolute atomic E-state index is 0.0149. The predicted octanol–water partition coefficient (Wildman–Crippen LogP) is 8.49. The number of anilines is 1. The Morgan fingerprint density at radius 2 is 1.84 bits per heavy atom. The Labute approximate surface area is 261 Å². The molecule has 45 heavy (non-hydrogen) atoms. The highest BCUT2D eigenvalue weighted by Gasteiger charge is 2.28. The number of benzene rings is 2. The maximum absolute atomic E-state index is 12.8. The Morgan fingerprint density at radius 1 is 1.02 bits per heavy atom. The number of carbonyl (C=O) groups excluding carboxylic acids is 1. The summed E-state index contributed by atoms with van der Waals surface area (Å²) in [5.74, 6) is 1.35. The van der Waals surface area contributed by atoms with Crippen molar-refractivity contribution in [3.63, 3.8) is 0 Å². The fourth-order valence-electron chi connectivity index (χ4n) is 5.45. The fraction of sp³-hybridized carbons (Fsp3) is 0.412. The molecule has 4 aromatic rings. The van der Waals surface area contributed by atoms with Crippen LogP contribution in [-0.4, -0.2) is 56.9 Å². The first-order valence-electron chi connectivity index (χ1n) is 15.1. The van der Waals surface area contributed by atoms with Crippen LogP contribution in [0.3, 0.4) is 0 Å². The van der Waals surface area contributed by atoms with E-state index in [0.29, 0.717) is 48.3 Å². The van der Waals surface area contributed by atoms with Crippen LogP contribution < -0.4 is 10.1 Å². The summed E-state index contributed by atoms with van der Waals surface area (Å²) >= 11 is 0. The van der Waals surface area contributed by atoms with Gasteiger partial charge in [0.15, 0.2) is 0 Å². The number of pyridine rings is 1. The van der Waals surface area contributed by atoms with Crippen molar-refractivity contribution in [2.75, 3.05) is 18.4 Å². The number of hydrogen-bond donors (Lipinski definition) is 1. The van der Waals surface area contributed by atoms with Crippen LogP contribution in [0, 0.1) is 6.92 Å². The third kappa shape index (κ3) is 8.40. The number of rotatable bonds is 8. The first-order chi connectivity index (χ1) is 21.4. The highest BCUT2D eigenvalue weighted by atomic mass is 19.4. The van der Waals surface area contributed by atoms with Gasteiger partial charge in [-0.15, -0.1) is 0 Å². The number of likely N-dealkylation sites (tertiary alicyclic amines) is 1. The Bertz CT molecular complexity index is 1650. The van der Waals surface area contributed by atoms with Crippen LogP contribution in [0.25, 0.3) is 22.0 Å². The minimum atomic E-state index is -4.18. The second-order valence-electron chi connectivity index (χ2n) is 12.3. The Morgan fingerprint density at radius 3 is 2.62 bits per heavy atom. The van der Waals surface area contributed by atoms with Crippen LogP contribution in [0.1, 0.15) is 57.6 Å². The summed E-state index contributed by atoms with van der Waals surface area (Å²) in [5, 5.41) is 5.02. The average Bonchev–Trinajstić information content (AvgIpc) is 2.98. The summed E-state index contributed by atoms with van der Waals surface area (Å²) in [6.07, 6.45) is -0.0485. The standard InChI is InChI=1S/C34H38F3N5O3/c1-22-14-15-25-23(10-6-17-34(35,36)37)9-5-12-26(25)29(22)44-30-27(13-7-18-38-30)28-16-19-39-31(41-28)40-24-11-8-20-42(21-24)32(43)45-33(2,3)4/h5,7,9,12-16,18-19,24H,6,8,10-11,17,20-21H2,1-4H3,(H,39,40,41)/t24-/m0/s1. The zero-order valence-corrected chi connectivity index (χ0v) is 25.9. The zero-order valence-electron chi connectivity index (χ0n) is 25.9. The summed E-state index contributed by atoms with van der Waals surface area (Å²) in [4.78, 5) is 28.0. The molecule has 0 unspecified atom stereocenters. The molecule has 5 rings (SSSR count). The largest absolute Gasteiger partial charge is 0.444 e. The van der Waals surface area contributed by atoms with Crippen molar-refractivity contribution < 1.29 is 27.4 Å². The molecule has 1 N–H and O–H groups in total. The first-order valence-corrected chi connectivity index (χ1v) is 15.1. The highest BCUT2D eigenvalue weighted by molar-refractivity contribution is 5.92. The normalized spacial score (nSPS) is 15.6. The van der Waals surface area contributed by atoms with Crippen LogP contribution in [0.2, 0.25) is 0 Å². The monoisotopic (exact) mass is 621 g/mol. The summed E-state index contributed by atoms with van der Waals surface area (Å²) in [6.45, 7) is 8.58. The van der Waals surface area contributed by atoms with Gasteiger partial charge >= 0.3 is 12.3 Å². The van der Waals surface area contributed by atoms with E-state index in [0.717, 1.165) is 34.7 Å². The van der Waals surface area contributed by atoms with Crippen molar-refractivity contribution in [3.8, 4) is 22.9 Å². The van der Waals surface area contributed by atoms with Crippen LogP contribution >= 0.6 is 0 Å². The molecule has 0 radical (unpaired) electrons. The number of fused-ring (bicyclic) bond motifs is 1. The van der Waals surface area contributed by atoms with E-state index in [1.165, 1.54) is 0 Å². The molecular weight excluding hydrogens is 583 g/mol. The lowest BCUT2D eigenvalue weighted by atomic mass is 9.98. The van der Waals surface area contributed by atoms with E-state index in [2.05, 4.69) is 15.3 Å². The minimum Gasteiger partial charge on any atom is -0.444 e. The van der Waals surface area contributed by atoms with Crippen LogP contribution in [0.15, 0.2) is 60.9 Å². The molecule has 11 heteroatoms. The molecule has 1 aliphatic rings. The number of alkyl halides is 3. The molecule has 1 atom stereocenters. The lowest BCUT2D eigenvalue weighted by molar-refractivity contribution is -0.135. The van der Waals surface area contributed by atoms with E-state index >= 15 is 0 Å². The van der Waals surface area contributed by atoms with Gasteiger partial charge in [0.2, 0.25) is 11.8 Å². The van der Waals surface area contributed by atoms with Crippen molar-refractivity contribution in [1.82, 2.24) is 19.9 Å². The Hall–Kier alpha value is -4.41. The van der Waals surface area contributed by atoms with E-state index in [4.69, 9.17) is 14.5 Å².